The highest BCUT2D eigenvalue weighted by Crippen LogP contribution is 2.42. The van der Waals surface area contributed by atoms with E-state index in [1.165, 1.54) is 69.6 Å². The highest BCUT2D eigenvalue weighted by molar-refractivity contribution is 7.25. The number of hydrogen-bond acceptors (Lipinski definition) is 2. The third kappa shape index (κ3) is 4.55. The lowest BCUT2D eigenvalue weighted by molar-refractivity contribution is 1.19. The third-order valence-corrected chi connectivity index (χ3v) is 10.9. The molecule has 10 aromatic rings. The average molecular weight is 643 g/mol. The van der Waals surface area contributed by atoms with Crippen LogP contribution in [0.15, 0.2) is 182 Å². The molecular formula is C46H30N2S. The summed E-state index contributed by atoms with van der Waals surface area (Å²) in [6.45, 7) is 0. The normalized spacial score (nSPS) is 11.7. The number of anilines is 3. The lowest BCUT2D eigenvalue weighted by atomic mass is 10.0. The predicted molar refractivity (Wildman–Crippen MR) is 211 cm³/mol. The molecule has 10 rings (SSSR count). The molecule has 0 saturated carbocycles. The molecule has 0 aliphatic heterocycles. The standard InChI is InChI=1S/C46H30N2S/c1-3-12-34(13-4-1)47(37-25-28-45-42(30-37)40-17-9-10-18-44(40)49-45)36-23-19-31(20-24-36)33-22-26-39-41-27-21-32-11-7-8-16-38(32)46(41)48(43(39)29-33)35-14-5-2-6-15-35/h1-30H. The molecule has 0 N–H and O–H groups in total. The maximum atomic E-state index is 2.44. The Morgan fingerprint density at radius 1 is 0.388 bits per heavy atom. The van der Waals surface area contributed by atoms with Crippen molar-refractivity contribution in [3.8, 4) is 16.8 Å². The van der Waals surface area contributed by atoms with Gasteiger partial charge in [0.25, 0.3) is 0 Å². The molecule has 0 unspecified atom stereocenters. The Morgan fingerprint density at radius 3 is 1.86 bits per heavy atom. The molecule has 0 spiro atoms. The van der Waals surface area contributed by atoms with Crippen molar-refractivity contribution in [3.63, 3.8) is 0 Å². The summed E-state index contributed by atoms with van der Waals surface area (Å²) in [4.78, 5) is 2.36. The van der Waals surface area contributed by atoms with Crippen molar-refractivity contribution in [2.24, 2.45) is 0 Å². The molecule has 0 amide bonds. The molecule has 0 aliphatic rings. The molecule has 2 aromatic heterocycles. The molecule has 0 atom stereocenters. The van der Waals surface area contributed by atoms with Gasteiger partial charge in [0, 0.05) is 59.1 Å². The van der Waals surface area contributed by atoms with Crippen LogP contribution in [0.1, 0.15) is 0 Å². The smallest absolute Gasteiger partial charge is 0.0619 e. The van der Waals surface area contributed by atoms with Gasteiger partial charge in [0.2, 0.25) is 0 Å². The Balaban J connectivity index is 1.11. The number of hydrogen-bond donors (Lipinski definition) is 0. The Labute approximate surface area is 288 Å². The zero-order valence-corrected chi connectivity index (χ0v) is 27.4. The molecule has 0 saturated heterocycles. The zero-order valence-electron chi connectivity index (χ0n) is 26.6. The van der Waals surface area contributed by atoms with E-state index in [1.807, 2.05) is 11.3 Å². The van der Waals surface area contributed by atoms with E-state index in [9.17, 15) is 0 Å². The van der Waals surface area contributed by atoms with E-state index in [-0.39, 0.29) is 0 Å². The van der Waals surface area contributed by atoms with Gasteiger partial charge in [0.1, 0.15) is 0 Å². The Bertz CT molecular complexity index is 2810. The van der Waals surface area contributed by atoms with E-state index >= 15 is 0 Å². The lowest BCUT2D eigenvalue weighted by Gasteiger charge is -2.26. The molecule has 0 fully saturated rings. The maximum Gasteiger partial charge on any atom is 0.0619 e. The summed E-state index contributed by atoms with van der Waals surface area (Å²) in [7, 11) is 0. The van der Waals surface area contributed by atoms with Crippen LogP contribution in [-0.4, -0.2) is 4.57 Å². The van der Waals surface area contributed by atoms with Crippen LogP contribution in [0.3, 0.4) is 0 Å². The van der Waals surface area contributed by atoms with E-state index in [1.54, 1.807) is 0 Å². The number of fused-ring (bicyclic) bond motifs is 8. The van der Waals surface area contributed by atoms with Crippen LogP contribution in [0.2, 0.25) is 0 Å². The molecule has 0 bridgehead atoms. The van der Waals surface area contributed by atoms with Crippen molar-refractivity contribution in [2.75, 3.05) is 4.90 Å². The summed E-state index contributed by atoms with van der Waals surface area (Å²) in [6, 6.07) is 66.1. The molecule has 0 radical (unpaired) electrons. The van der Waals surface area contributed by atoms with E-state index in [4.69, 9.17) is 0 Å². The van der Waals surface area contributed by atoms with Gasteiger partial charge in [0.05, 0.1) is 11.0 Å². The Hall–Kier alpha value is -6.16. The van der Waals surface area contributed by atoms with Crippen molar-refractivity contribution >= 4 is 81.1 Å². The molecule has 2 nitrogen and oxygen atoms in total. The second-order valence-corrected chi connectivity index (χ2v) is 13.7. The first-order chi connectivity index (χ1) is 24.3. The van der Waals surface area contributed by atoms with Gasteiger partial charge >= 0.3 is 0 Å². The van der Waals surface area contributed by atoms with Crippen LogP contribution in [0.25, 0.3) is 69.6 Å². The van der Waals surface area contributed by atoms with Gasteiger partial charge in [-0.1, -0.05) is 115 Å². The molecular weight excluding hydrogens is 613 g/mol. The minimum absolute atomic E-state index is 1.12. The lowest BCUT2D eigenvalue weighted by Crippen LogP contribution is -2.09. The first-order valence-electron chi connectivity index (χ1n) is 16.7. The fourth-order valence-corrected chi connectivity index (χ4v) is 8.57. The summed E-state index contributed by atoms with van der Waals surface area (Å²) in [6.07, 6.45) is 0. The Morgan fingerprint density at radius 2 is 1.02 bits per heavy atom. The quantitative estimate of drug-likeness (QED) is 0.181. The number of rotatable bonds is 5. The molecule has 3 heteroatoms. The number of benzene rings is 8. The zero-order chi connectivity index (χ0) is 32.3. The second kappa shape index (κ2) is 11.2. The summed E-state index contributed by atoms with van der Waals surface area (Å²) in [5.41, 5.74) is 9.42. The number of thiophene rings is 1. The maximum absolute atomic E-state index is 2.44. The highest BCUT2D eigenvalue weighted by Gasteiger charge is 2.17. The number of nitrogens with zero attached hydrogens (tertiary/aromatic N) is 2. The fraction of sp³-hybridized carbons (Fsp3) is 0. The topological polar surface area (TPSA) is 8.17 Å². The summed E-state index contributed by atoms with van der Waals surface area (Å²) in [5, 5.41) is 7.65. The van der Waals surface area contributed by atoms with Crippen LogP contribution < -0.4 is 4.90 Å². The van der Waals surface area contributed by atoms with Gasteiger partial charge in [-0.2, -0.15) is 0 Å². The fourth-order valence-electron chi connectivity index (χ4n) is 7.48. The third-order valence-electron chi connectivity index (χ3n) is 9.76. The first-order valence-corrected chi connectivity index (χ1v) is 17.5. The van der Waals surface area contributed by atoms with E-state index in [0.717, 1.165) is 17.1 Å². The van der Waals surface area contributed by atoms with E-state index in [0.29, 0.717) is 0 Å². The minimum atomic E-state index is 1.12. The van der Waals surface area contributed by atoms with Crippen LogP contribution in [0, 0.1) is 0 Å². The number of aromatic nitrogens is 1. The van der Waals surface area contributed by atoms with Crippen LogP contribution in [0.4, 0.5) is 17.1 Å². The van der Waals surface area contributed by atoms with Gasteiger partial charge in [0.15, 0.2) is 0 Å². The predicted octanol–water partition coefficient (Wildman–Crippen LogP) is 13.4. The summed E-state index contributed by atoms with van der Waals surface area (Å²) < 4.78 is 5.07. The molecule has 2 heterocycles. The van der Waals surface area contributed by atoms with Gasteiger partial charge in [-0.25, -0.2) is 0 Å². The average Bonchev–Trinajstić information content (AvgIpc) is 3.71. The van der Waals surface area contributed by atoms with Gasteiger partial charge in [-0.05, 0) is 83.2 Å². The van der Waals surface area contributed by atoms with Crippen molar-refractivity contribution in [1.82, 2.24) is 4.57 Å². The van der Waals surface area contributed by atoms with Crippen molar-refractivity contribution < 1.29 is 0 Å². The van der Waals surface area contributed by atoms with Crippen molar-refractivity contribution in [1.29, 1.82) is 0 Å². The van der Waals surface area contributed by atoms with E-state index < -0.39 is 0 Å². The monoisotopic (exact) mass is 642 g/mol. The van der Waals surface area contributed by atoms with Gasteiger partial charge in [-0.3, -0.25) is 0 Å². The molecule has 49 heavy (non-hydrogen) atoms. The Kier molecular flexibility index (Phi) is 6.39. The molecule has 0 aliphatic carbocycles. The van der Waals surface area contributed by atoms with Crippen molar-refractivity contribution in [2.45, 2.75) is 0 Å². The van der Waals surface area contributed by atoms with Gasteiger partial charge in [-0.15, -0.1) is 11.3 Å². The first kappa shape index (κ1) is 27.9. The van der Waals surface area contributed by atoms with E-state index in [2.05, 4.69) is 191 Å². The van der Waals surface area contributed by atoms with Gasteiger partial charge < -0.3 is 9.47 Å². The summed E-state index contributed by atoms with van der Waals surface area (Å²) >= 11 is 1.85. The summed E-state index contributed by atoms with van der Waals surface area (Å²) in [5.74, 6) is 0. The van der Waals surface area contributed by atoms with Crippen molar-refractivity contribution in [3.05, 3.63) is 182 Å². The molecule has 230 valence electrons. The van der Waals surface area contributed by atoms with Crippen LogP contribution in [-0.2, 0) is 0 Å². The SMILES string of the molecule is c1ccc(N(c2ccc(-c3ccc4c5ccc6ccccc6c5n(-c5ccccc5)c4c3)cc2)c2ccc3sc4ccccc4c3c2)cc1. The second-order valence-electron chi connectivity index (χ2n) is 12.6. The highest BCUT2D eigenvalue weighted by atomic mass is 32.1. The minimum Gasteiger partial charge on any atom is -0.310 e. The van der Waals surface area contributed by atoms with Crippen LogP contribution >= 0.6 is 11.3 Å². The number of para-hydroxylation sites is 2. The molecule has 8 aromatic carbocycles. The largest absolute Gasteiger partial charge is 0.310 e. The van der Waals surface area contributed by atoms with Crippen LogP contribution in [0.5, 0.6) is 0 Å².